The molecule has 0 aliphatic heterocycles. The zero-order valence-corrected chi connectivity index (χ0v) is 19.1. The molecular weight excluding hydrogens is 328 g/mol. The Bertz CT molecular complexity index is 536. The van der Waals surface area contributed by atoms with Crippen molar-refractivity contribution in [3.8, 4) is 0 Å². The Morgan fingerprint density at radius 1 is 1.15 bits per heavy atom. The molecular formula is C26H46O. The molecule has 0 spiro atoms. The number of unbranched alkanes of at least 4 members (excludes halogenated alkanes) is 1. The molecule has 8 atom stereocenters. The van der Waals surface area contributed by atoms with Crippen molar-refractivity contribution in [3.05, 3.63) is 11.6 Å². The van der Waals surface area contributed by atoms with Crippen molar-refractivity contribution in [2.45, 2.75) is 99.3 Å². The second-order valence-electron chi connectivity index (χ2n) is 11.3. The third-order valence-corrected chi connectivity index (χ3v) is 9.71. The predicted octanol–water partition coefficient (Wildman–Crippen LogP) is 7.25. The molecule has 2 fully saturated rings. The molecule has 8 unspecified atom stereocenters. The Balaban J connectivity index is 1.82. The molecule has 1 N–H and O–H groups in total. The molecule has 0 heterocycles. The van der Waals surface area contributed by atoms with E-state index in [0.29, 0.717) is 23.4 Å². The fourth-order valence-electron chi connectivity index (χ4n) is 8.05. The van der Waals surface area contributed by atoms with E-state index in [-0.39, 0.29) is 0 Å². The Morgan fingerprint density at radius 2 is 1.89 bits per heavy atom. The highest BCUT2D eigenvalue weighted by Gasteiger charge is 2.58. The van der Waals surface area contributed by atoms with Crippen molar-refractivity contribution in [2.75, 3.05) is 6.61 Å². The molecule has 1 heteroatoms. The molecule has 156 valence electrons. The maximum atomic E-state index is 9.70. The van der Waals surface area contributed by atoms with Gasteiger partial charge in [-0.15, -0.1) is 0 Å². The number of allylic oxidation sites excluding steroid dienone is 2. The summed E-state index contributed by atoms with van der Waals surface area (Å²) >= 11 is 0. The Hall–Kier alpha value is -0.300. The van der Waals surface area contributed by atoms with Crippen molar-refractivity contribution in [1.29, 1.82) is 0 Å². The van der Waals surface area contributed by atoms with Gasteiger partial charge in [0.1, 0.15) is 0 Å². The number of fused-ring (bicyclic) bond motifs is 3. The molecule has 27 heavy (non-hydrogen) atoms. The van der Waals surface area contributed by atoms with Crippen LogP contribution in [0.25, 0.3) is 0 Å². The molecule has 0 aromatic carbocycles. The lowest BCUT2D eigenvalue weighted by Gasteiger charge is -2.57. The van der Waals surface area contributed by atoms with E-state index >= 15 is 0 Å². The first-order chi connectivity index (χ1) is 12.8. The lowest BCUT2D eigenvalue weighted by atomic mass is 9.48. The van der Waals surface area contributed by atoms with Crippen LogP contribution in [0.4, 0.5) is 0 Å². The van der Waals surface area contributed by atoms with E-state index in [9.17, 15) is 5.11 Å². The third kappa shape index (κ3) is 3.67. The van der Waals surface area contributed by atoms with Crippen molar-refractivity contribution in [3.63, 3.8) is 0 Å². The monoisotopic (exact) mass is 374 g/mol. The normalized spacial score (nSPS) is 43.6. The molecule has 3 aliphatic carbocycles. The smallest absolute Gasteiger partial charge is 0.0456 e. The summed E-state index contributed by atoms with van der Waals surface area (Å²) in [5.74, 6) is 4.91. The SMILES string of the molecule is CCCCC(C)C1CCC2C3CC=C(C)C(C)(CC(C)CO)C3CCC12C. The van der Waals surface area contributed by atoms with Crippen molar-refractivity contribution in [2.24, 2.45) is 46.3 Å². The second-order valence-corrected chi connectivity index (χ2v) is 11.3. The predicted molar refractivity (Wildman–Crippen MR) is 117 cm³/mol. The summed E-state index contributed by atoms with van der Waals surface area (Å²) in [6, 6.07) is 0. The largest absolute Gasteiger partial charge is 0.396 e. The summed E-state index contributed by atoms with van der Waals surface area (Å²) in [6.07, 6.45) is 15.0. The van der Waals surface area contributed by atoms with Gasteiger partial charge in [-0.05, 0) is 91.8 Å². The molecule has 3 aliphatic rings. The summed E-state index contributed by atoms with van der Waals surface area (Å²) in [5, 5.41) is 9.70. The standard InChI is InChI=1S/C26H46O/c1-7-8-9-19(3)22-12-13-23-21-11-10-20(4)26(6,16-18(2)17-27)24(21)14-15-25(22,23)5/h10,18-19,21-24,27H,7-9,11-17H2,1-6H3. The van der Waals surface area contributed by atoms with E-state index in [1.807, 2.05) is 0 Å². The van der Waals surface area contributed by atoms with Gasteiger partial charge in [0, 0.05) is 6.61 Å². The Morgan fingerprint density at radius 3 is 2.56 bits per heavy atom. The average molecular weight is 375 g/mol. The van der Waals surface area contributed by atoms with Gasteiger partial charge in [-0.2, -0.15) is 0 Å². The van der Waals surface area contributed by atoms with Gasteiger partial charge >= 0.3 is 0 Å². The molecule has 0 saturated heterocycles. The van der Waals surface area contributed by atoms with Crippen LogP contribution >= 0.6 is 0 Å². The van der Waals surface area contributed by atoms with Gasteiger partial charge in [0.15, 0.2) is 0 Å². The Kier molecular flexibility index (Phi) is 6.51. The quantitative estimate of drug-likeness (QED) is 0.465. The minimum atomic E-state index is 0.304. The van der Waals surface area contributed by atoms with Crippen LogP contribution in [0, 0.1) is 46.3 Å². The zero-order valence-electron chi connectivity index (χ0n) is 19.1. The number of aliphatic hydroxyl groups is 1. The summed E-state index contributed by atoms with van der Waals surface area (Å²) < 4.78 is 0. The third-order valence-electron chi connectivity index (χ3n) is 9.71. The molecule has 0 amide bonds. The summed E-state index contributed by atoms with van der Waals surface area (Å²) in [5.41, 5.74) is 2.49. The van der Waals surface area contributed by atoms with Crippen molar-refractivity contribution >= 4 is 0 Å². The van der Waals surface area contributed by atoms with Crippen LogP contribution in [-0.2, 0) is 0 Å². The van der Waals surface area contributed by atoms with Crippen molar-refractivity contribution in [1.82, 2.24) is 0 Å². The molecule has 0 radical (unpaired) electrons. The van der Waals surface area contributed by atoms with Crippen molar-refractivity contribution < 1.29 is 5.11 Å². The molecule has 2 saturated carbocycles. The van der Waals surface area contributed by atoms with Crippen LogP contribution in [0.3, 0.4) is 0 Å². The fourth-order valence-corrected chi connectivity index (χ4v) is 8.05. The minimum Gasteiger partial charge on any atom is -0.396 e. The maximum absolute atomic E-state index is 9.70. The van der Waals surface area contributed by atoms with E-state index in [1.54, 1.807) is 5.57 Å². The summed E-state index contributed by atoms with van der Waals surface area (Å²) in [7, 11) is 0. The van der Waals surface area contributed by atoms with E-state index < -0.39 is 0 Å². The fraction of sp³-hybridized carbons (Fsp3) is 0.923. The molecule has 0 bridgehead atoms. The lowest BCUT2D eigenvalue weighted by molar-refractivity contribution is -0.0504. The van der Waals surface area contributed by atoms with Gasteiger partial charge in [-0.3, -0.25) is 0 Å². The van der Waals surface area contributed by atoms with Crippen LogP contribution < -0.4 is 0 Å². The van der Waals surface area contributed by atoms with Gasteiger partial charge in [0.05, 0.1) is 0 Å². The van der Waals surface area contributed by atoms with E-state index in [4.69, 9.17) is 0 Å². The number of aliphatic hydroxyl groups excluding tert-OH is 1. The van der Waals surface area contributed by atoms with Crippen LogP contribution in [0.2, 0.25) is 0 Å². The zero-order chi connectivity index (χ0) is 19.8. The summed E-state index contributed by atoms with van der Waals surface area (Å²) in [6.45, 7) is 15.0. The first kappa shape index (κ1) is 21.4. The van der Waals surface area contributed by atoms with Crippen LogP contribution in [0.1, 0.15) is 99.3 Å². The summed E-state index contributed by atoms with van der Waals surface area (Å²) in [4.78, 5) is 0. The molecule has 0 aromatic rings. The number of rotatable bonds is 7. The molecule has 3 rings (SSSR count). The maximum Gasteiger partial charge on any atom is 0.0456 e. The van der Waals surface area contributed by atoms with Gasteiger partial charge in [0.25, 0.3) is 0 Å². The highest BCUT2D eigenvalue weighted by atomic mass is 16.3. The van der Waals surface area contributed by atoms with Gasteiger partial charge in [-0.1, -0.05) is 65.5 Å². The number of hydrogen-bond donors (Lipinski definition) is 1. The Labute approximate surface area is 169 Å². The van der Waals surface area contributed by atoms with E-state index in [1.165, 1.54) is 51.4 Å². The second kappa shape index (κ2) is 8.21. The lowest BCUT2D eigenvalue weighted by Crippen LogP contribution is -2.49. The van der Waals surface area contributed by atoms with Gasteiger partial charge in [-0.25, -0.2) is 0 Å². The van der Waals surface area contributed by atoms with E-state index in [0.717, 1.165) is 36.0 Å². The topological polar surface area (TPSA) is 20.2 Å². The van der Waals surface area contributed by atoms with Gasteiger partial charge in [0.2, 0.25) is 0 Å². The highest BCUT2D eigenvalue weighted by molar-refractivity contribution is 5.21. The average Bonchev–Trinajstić information content (AvgIpc) is 3.00. The first-order valence-electron chi connectivity index (χ1n) is 12.1. The van der Waals surface area contributed by atoms with Gasteiger partial charge < -0.3 is 5.11 Å². The van der Waals surface area contributed by atoms with Crippen LogP contribution in [0.15, 0.2) is 11.6 Å². The number of hydrogen-bond acceptors (Lipinski definition) is 1. The molecule has 1 nitrogen and oxygen atoms in total. The minimum absolute atomic E-state index is 0.304. The van der Waals surface area contributed by atoms with Crippen LogP contribution in [0.5, 0.6) is 0 Å². The van der Waals surface area contributed by atoms with Crippen LogP contribution in [-0.4, -0.2) is 11.7 Å². The van der Waals surface area contributed by atoms with E-state index in [2.05, 4.69) is 47.6 Å². The first-order valence-corrected chi connectivity index (χ1v) is 12.1. The highest BCUT2D eigenvalue weighted by Crippen LogP contribution is 2.66. The molecule has 0 aromatic heterocycles.